The Labute approximate surface area is 168 Å². The Morgan fingerprint density at radius 3 is 2.31 bits per heavy atom. The summed E-state index contributed by atoms with van der Waals surface area (Å²) in [6.45, 7) is 1.10. The highest BCUT2D eigenvalue weighted by Gasteiger charge is 2.07. The smallest absolute Gasteiger partial charge is 0.138 e. The number of halogens is 2. The second kappa shape index (κ2) is 9.04. The fourth-order valence-electron chi connectivity index (χ4n) is 2.38. The maximum atomic E-state index is 6.35. The van der Waals surface area contributed by atoms with Gasteiger partial charge in [0.2, 0.25) is 0 Å². The maximum Gasteiger partial charge on any atom is 0.138 e. The molecule has 1 N–H and O–H groups in total. The van der Waals surface area contributed by atoms with Crippen LogP contribution in [0.3, 0.4) is 0 Å². The van der Waals surface area contributed by atoms with Crippen LogP contribution in [0, 0.1) is 0 Å². The SMILES string of the molecule is S=C(NCc1ccccc1)c1ccc(OCc2ccc(Cl)cc2)c(Cl)c1. The average molecular weight is 402 g/mol. The first-order chi connectivity index (χ1) is 12.6. The molecular formula is C21H17Cl2NOS. The summed E-state index contributed by atoms with van der Waals surface area (Å²) in [4.78, 5) is 0.653. The topological polar surface area (TPSA) is 21.3 Å². The number of rotatable bonds is 6. The van der Waals surface area contributed by atoms with E-state index in [4.69, 9.17) is 40.2 Å². The molecular weight excluding hydrogens is 385 g/mol. The summed E-state index contributed by atoms with van der Waals surface area (Å²) in [6, 6.07) is 23.2. The molecule has 0 bridgehead atoms. The van der Waals surface area contributed by atoms with Crippen LogP contribution in [0.2, 0.25) is 10.0 Å². The fourth-order valence-corrected chi connectivity index (χ4v) is 2.94. The van der Waals surface area contributed by atoms with Gasteiger partial charge in [-0.15, -0.1) is 0 Å². The van der Waals surface area contributed by atoms with Gasteiger partial charge in [0.05, 0.1) is 5.02 Å². The molecule has 3 aromatic carbocycles. The molecule has 0 aliphatic rings. The monoisotopic (exact) mass is 401 g/mol. The summed E-state index contributed by atoms with van der Waals surface area (Å²) in [5, 5.41) is 4.47. The molecule has 0 saturated heterocycles. The van der Waals surface area contributed by atoms with Gasteiger partial charge in [0.1, 0.15) is 17.3 Å². The minimum absolute atomic E-state index is 0.424. The Morgan fingerprint density at radius 2 is 1.62 bits per heavy atom. The van der Waals surface area contributed by atoms with Crippen molar-refractivity contribution in [2.75, 3.05) is 0 Å². The molecule has 0 unspecified atom stereocenters. The molecule has 2 nitrogen and oxygen atoms in total. The number of hydrogen-bond acceptors (Lipinski definition) is 2. The Kier molecular flexibility index (Phi) is 6.51. The highest BCUT2D eigenvalue weighted by atomic mass is 35.5. The number of nitrogens with one attached hydrogen (secondary N) is 1. The second-order valence-corrected chi connectivity index (χ2v) is 6.98. The third-order valence-corrected chi connectivity index (χ3v) is 4.72. The first-order valence-electron chi connectivity index (χ1n) is 8.11. The third kappa shape index (κ3) is 5.21. The summed E-state index contributed by atoms with van der Waals surface area (Å²) >= 11 is 17.7. The summed E-state index contributed by atoms with van der Waals surface area (Å²) in [7, 11) is 0. The Morgan fingerprint density at radius 1 is 0.885 bits per heavy atom. The van der Waals surface area contributed by atoms with Crippen molar-refractivity contribution in [3.8, 4) is 5.75 Å². The Balaban J connectivity index is 1.59. The van der Waals surface area contributed by atoms with Crippen LogP contribution in [-0.2, 0) is 13.2 Å². The van der Waals surface area contributed by atoms with E-state index in [0.717, 1.165) is 11.1 Å². The van der Waals surface area contributed by atoms with Gasteiger partial charge in [-0.3, -0.25) is 0 Å². The first-order valence-corrected chi connectivity index (χ1v) is 9.27. The van der Waals surface area contributed by atoms with Crippen molar-refractivity contribution < 1.29 is 4.74 Å². The summed E-state index contributed by atoms with van der Waals surface area (Å²) in [5.41, 5.74) is 3.05. The lowest BCUT2D eigenvalue weighted by Crippen LogP contribution is -2.21. The molecule has 3 rings (SSSR count). The van der Waals surface area contributed by atoms with Crippen molar-refractivity contribution in [1.29, 1.82) is 0 Å². The lowest BCUT2D eigenvalue weighted by Gasteiger charge is -2.12. The quantitative estimate of drug-likeness (QED) is 0.508. The van der Waals surface area contributed by atoms with E-state index in [1.807, 2.05) is 60.7 Å². The van der Waals surface area contributed by atoms with Gasteiger partial charge >= 0.3 is 0 Å². The zero-order valence-electron chi connectivity index (χ0n) is 13.9. The minimum Gasteiger partial charge on any atom is -0.487 e. The number of benzene rings is 3. The van der Waals surface area contributed by atoms with Gasteiger partial charge in [-0.05, 0) is 41.5 Å². The lowest BCUT2D eigenvalue weighted by atomic mass is 10.2. The predicted octanol–water partition coefficient (Wildman–Crippen LogP) is 6.04. The van der Waals surface area contributed by atoms with Crippen LogP contribution < -0.4 is 10.1 Å². The Hall–Kier alpha value is -2.07. The molecule has 0 amide bonds. The van der Waals surface area contributed by atoms with Crippen molar-refractivity contribution in [3.05, 3.63) is 99.5 Å². The number of ether oxygens (including phenoxy) is 1. The lowest BCUT2D eigenvalue weighted by molar-refractivity contribution is 0.306. The van der Waals surface area contributed by atoms with Gasteiger partial charge < -0.3 is 10.1 Å². The first kappa shape index (κ1) is 18.7. The predicted molar refractivity (Wildman–Crippen MR) is 112 cm³/mol. The van der Waals surface area contributed by atoms with Crippen molar-refractivity contribution in [3.63, 3.8) is 0 Å². The van der Waals surface area contributed by atoms with Crippen LogP contribution >= 0.6 is 35.4 Å². The van der Waals surface area contributed by atoms with Crippen molar-refractivity contribution >= 4 is 40.4 Å². The molecule has 0 radical (unpaired) electrons. The van der Waals surface area contributed by atoms with Crippen LogP contribution in [-0.4, -0.2) is 4.99 Å². The largest absolute Gasteiger partial charge is 0.487 e. The molecule has 0 fully saturated rings. The molecule has 132 valence electrons. The van der Waals surface area contributed by atoms with Gasteiger partial charge in [0, 0.05) is 17.1 Å². The normalized spacial score (nSPS) is 10.4. The minimum atomic E-state index is 0.424. The molecule has 0 spiro atoms. The van der Waals surface area contributed by atoms with Gasteiger partial charge in [-0.1, -0.05) is 77.9 Å². The molecule has 0 aromatic heterocycles. The van der Waals surface area contributed by atoms with E-state index in [-0.39, 0.29) is 0 Å². The number of thiocarbonyl (C=S) groups is 1. The molecule has 0 saturated carbocycles. The zero-order valence-corrected chi connectivity index (χ0v) is 16.2. The van der Waals surface area contributed by atoms with E-state index in [0.29, 0.717) is 33.9 Å². The standard InChI is InChI=1S/C21H17Cl2NOS/c22-18-9-6-16(7-10-18)14-25-20-11-8-17(12-19(20)23)21(26)24-13-15-4-2-1-3-5-15/h1-12H,13-14H2,(H,24,26). The summed E-state index contributed by atoms with van der Waals surface area (Å²) in [6.07, 6.45) is 0. The molecule has 0 atom stereocenters. The van der Waals surface area contributed by atoms with Crippen LogP contribution in [0.25, 0.3) is 0 Å². The van der Waals surface area contributed by atoms with E-state index >= 15 is 0 Å². The van der Waals surface area contributed by atoms with E-state index in [1.165, 1.54) is 5.56 Å². The highest BCUT2D eigenvalue weighted by Crippen LogP contribution is 2.26. The molecule has 0 aliphatic heterocycles. The van der Waals surface area contributed by atoms with Crippen LogP contribution in [0.5, 0.6) is 5.75 Å². The average Bonchev–Trinajstić information content (AvgIpc) is 2.67. The molecule has 3 aromatic rings. The fraction of sp³-hybridized carbons (Fsp3) is 0.0952. The molecule has 26 heavy (non-hydrogen) atoms. The van der Waals surface area contributed by atoms with E-state index < -0.39 is 0 Å². The van der Waals surface area contributed by atoms with Gasteiger partial charge in [0.25, 0.3) is 0 Å². The van der Waals surface area contributed by atoms with Crippen LogP contribution in [0.4, 0.5) is 0 Å². The van der Waals surface area contributed by atoms with Crippen LogP contribution in [0.15, 0.2) is 72.8 Å². The molecule has 0 heterocycles. The second-order valence-electron chi connectivity index (χ2n) is 5.73. The van der Waals surface area contributed by atoms with Crippen molar-refractivity contribution in [2.45, 2.75) is 13.2 Å². The summed E-state index contributed by atoms with van der Waals surface area (Å²) in [5.74, 6) is 0.622. The summed E-state index contributed by atoms with van der Waals surface area (Å²) < 4.78 is 5.79. The molecule has 5 heteroatoms. The van der Waals surface area contributed by atoms with Gasteiger partial charge in [-0.2, -0.15) is 0 Å². The zero-order chi connectivity index (χ0) is 18.4. The van der Waals surface area contributed by atoms with Gasteiger partial charge in [0.15, 0.2) is 0 Å². The third-order valence-electron chi connectivity index (χ3n) is 3.80. The number of hydrogen-bond donors (Lipinski definition) is 1. The van der Waals surface area contributed by atoms with Crippen molar-refractivity contribution in [2.24, 2.45) is 0 Å². The van der Waals surface area contributed by atoms with Crippen LogP contribution in [0.1, 0.15) is 16.7 Å². The maximum absolute atomic E-state index is 6.35. The highest BCUT2D eigenvalue weighted by molar-refractivity contribution is 7.80. The Bertz CT molecular complexity index is 882. The van der Waals surface area contributed by atoms with E-state index in [9.17, 15) is 0 Å². The van der Waals surface area contributed by atoms with E-state index in [2.05, 4.69) is 17.4 Å². The molecule has 0 aliphatic carbocycles. The van der Waals surface area contributed by atoms with Crippen molar-refractivity contribution in [1.82, 2.24) is 5.32 Å². The van der Waals surface area contributed by atoms with Gasteiger partial charge in [-0.25, -0.2) is 0 Å². The van der Waals surface area contributed by atoms with E-state index in [1.54, 1.807) is 0 Å².